The third-order valence-electron chi connectivity index (χ3n) is 5.22. The summed E-state index contributed by atoms with van der Waals surface area (Å²) >= 11 is 0. The number of carbonyl (C=O) groups excluding carboxylic acids is 1. The molecule has 0 saturated heterocycles. The first-order chi connectivity index (χ1) is 14.4. The van der Waals surface area contributed by atoms with Gasteiger partial charge in [-0.05, 0) is 68.1 Å². The Balaban J connectivity index is 1.82. The topological polar surface area (TPSA) is 66.1 Å². The second-order valence-electron chi connectivity index (χ2n) is 7.63. The summed E-state index contributed by atoms with van der Waals surface area (Å²) in [5, 5.41) is 0.946. The van der Waals surface area contributed by atoms with E-state index in [1.807, 2.05) is 63.2 Å². The highest BCUT2D eigenvalue weighted by Gasteiger charge is 2.21. The minimum absolute atomic E-state index is 0.171. The maximum atomic E-state index is 13.4. The lowest BCUT2D eigenvalue weighted by Gasteiger charge is -2.25. The van der Waals surface area contributed by atoms with Crippen molar-refractivity contribution in [1.29, 1.82) is 0 Å². The van der Waals surface area contributed by atoms with Crippen LogP contribution in [0.2, 0.25) is 0 Å². The SMILES string of the molecule is Cc1ccc(N(Cc2cc3cc(C)ccc3[nH]c2=O)C(=O)c2ccncc2)c(C)c1. The molecule has 4 aromatic rings. The fraction of sp³-hybridized carbons (Fsp3) is 0.160. The lowest BCUT2D eigenvalue weighted by atomic mass is 10.1. The highest BCUT2D eigenvalue weighted by atomic mass is 16.2. The summed E-state index contributed by atoms with van der Waals surface area (Å²) in [6, 6.07) is 17.1. The van der Waals surface area contributed by atoms with Gasteiger partial charge in [0.05, 0.1) is 6.54 Å². The molecule has 2 aromatic carbocycles. The van der Waals surface area contributed by atoms with Gasteiger partial charge in [0, 0.05) is 34.7 Å². The van der Waals surface area contributed by atoms with Crippen LogP contribution in [-0.4, -0.2) is 15.9 Å². The Hall–Kier alpha value is -3.73. The van der Waals surface area contributed by atoms with E-state index in [2.05, 4.69) is 9.97 Å². The number of anilines is 1. The molecule has 0 aliphatic rings. The van der Waals surface area contributed by atoms with Gasteiger partial charge in [0.25, 0.3) is 11.5 Å². The molecule has 0 atom stereocenters. The average Bonchev–Trinajstić information content (AvgIpc) is 2.73. The molecule has 0 aliphatic heterocycles. The second kappa shape index (κ2) is 7.95. The summed E-state index contributed by atoms with van der Waals surface area (Å²) < 4.78 is 0. The summed E-state index contributed by atoms with van der Waals surface area (Å²) in [6.45, 7) is 6.18. The Bertz CT molecular complexity index is 1290. The quantitative estimate of drug-likeness (QED) is 0.543. The fourth-order valence-corrected chi connectivity index (χ4v) is 3.68. The molecule has 2 heterocycles. The Morgan fingerprint density at radius 3 is 2.37 bits per heavy atom. The van der Waals surface area contributed by atoms with Crippen molar-refractivity contribution in [1.82, 2.24) is 9.97 Å². The molecule has 30 heavy (non-hydrogen) atoms. The van der Waals surface area contributed by atoms with E-state index < -0.39 is 0 Å². The van der Waals surface area contributed by atoms with Crippen LogP contribution in [0.3, 0.4) is 0 Å². The molecule has 5 heteroatoms. The van der Waals surface area contributed by atoms with Gasteiger partial charge < -0.3 is 9.88 Å². The zero-order valence-corrected chi connectivity index (χ0v) is 17.3. The van der Waals surface area contributed by atoms with Gasteiger partial charge in [-0.25, -0.2) is 0 Å². The molecule has 150 valence electrons. The number of hydrogen-bond acceptors (Lipinski definition) is 3. The van der Waals surface area contributed by atoms with Gasteiger partial charge in [-0.3, -0.25) is 14.6 Å². The molecule has 0 aliphatic carbocycles. The van der Waals surface area contributed by atoms with E-state index in [4.69, 9.17) is 0 Å². The normalized spacial score (nSPS) is 10.9. The second-order valence-corrected chi connectivity index (χ2v) is 7.63. The van der Waals surface area contributed by atoms with Gasteiger partial charge in [-0.2, -0.15) is 0 Å². The largest absolute Gasteiger partial charge is 0.322 e. The van der Waals surface area contributed by atoms with Gasteiger partial charge >= 0.3 is 0 Å². The fourth-order valence-electron chi connectivity index (χ4n) is 3.68. The molecule has 0 unspecified atom stereocenters. The summed E-state index contributed by atoms with van der Waals surface area (Å²) in [4.78, 5) is 34.8. The molecule has 1 amide bonds. The van der Waals surface area contributed by atoms with Crippen LogP contribution in [0.1, 0.15) is 32.6 Å². The number of aromatic nitrogens is 2. The Morgan fingerprint density at radius 1 is 0.933 bits per heavy atom. The number of nitrogens with zero attached hydrogens (tertiary/aromatic N) is 2. The van der Waals surface area contributed by atoms with Crippen molar-refractivity contribution >= 4 is 22.5 Å². The van der Waals surface area contributed by atoms with Gasteiger partial charge in [-0.15, -0.1) is 0 Å². The molecule has 0 saturated carbocycles. The van der Waals surface area contributed by atoms with E-state index >= 15 is 0 Å². The Morgan fingerprint density at radius 2 is 1.63 bits per heavy atom. The van der Waals surface area contributed by atoms with Crippen LogP contribution in [0.25, 0.3) is 10.9 Å². The number of nitrogens with one attached hydrogen (secondary N) is 1. The number of H-pyrrole nitrogens is 1. The molecule has 0 spiro atoms. The van der Waals surface area contributed by atoms with Crippen LogP contribution in [0.4, 0.5) is 5.69 Å². The first-order valence-corrected chi connectivity index (χ1v) is 9.84. The summed E-state index contributed by atoms with van der Waals surface area (Å²) in [6.07, 6.45) is 3.19. The van der Waals surface area contributed by atoms with Gasteiger partial charge in [0.15, 0.2) is 0 Å². The van der Waals surface area contributed by atoms with Crippen LogP contribution >= 0.6 is 0 Å². The van der Waals surface area contributed by atoms with Crippen molar-refractivity contribution in [3.05, 3.63) is 105 Å². The Kier molecular flexibility index (Phi) is 5.19. The molecule has 0 bridgehead atoms. The standard InChI is InChI=1S/C25H23N3O2/c1-16-5-7-23(18(3)12-16)28(25(30)19-8-10-26-11-9-19)15-21-14-20-13-17(2)4-6-22(20)27-24(21)29/h4-14H,15H2,1-3H3,(H,27,29). The number of hydrogen-bond donors (Lipinski definition) is 1. The molecule has 5 nitrogen and oxygen atoms in total. The van der Waals surface area contributed by atoms with Crippen molar-refractivity contribution in [3.8, 4) is 0 Å². The third kappa shape index (κ3) is 3.87. The number of amides is 1. The number of rotatable bonds is 4. The number of aryl methyl sites for hydroxylation is 3. The first kappa shape index (κ1) is 19.6. The van der Waals surface area contributed by atoms with E-state index in [0.29, 0.717) is 11.1 Å². The summed E-state index contributed by atoms with van der Waals surface area (Å²) in [5.74, 6) is -0.173. The van der Waals surface area contributed by atoms with Crippen molar-refractivity contribution in [2.24, 2.45) is 0 Å². The number of pyridine rings is 2. The predicted octanol–water partition coefficient (Wildman–Crippen LogP) is 4.70. The van der Waals surface area contributed by atoms with Crippen LogP contribution in [0, 0.1) is 20.8 Å². The zero-order valence-electron chi connectivity index (χ0n) is 17.3. The molecule has 1 N–H and O–H groups in total. The van der Waals surface area contributed by atoms with Crippen LogP contribution in [0.15, 0.2) is 71.8 Å². The first-order valence-electron chi connectivity index (χ1n) is 9.84. The van der Waals surface area contributed by atoms with Crippen molar-refractivity contribution in [3.63, 3.8) is 0 Å². The lowest BCUT2D eigenvalue weighted by molar-refractivity contribution is 0.0985. The van der Waals surface area contributed by atoms with Crippen molar-refractivity contribution in [2.75, 3.05) is 4.90 Å². The van der Waals surface area contributed by atoms with Crippen LogP contribution in [0.5, 0.6) is 0 Å². The van der Waals surface area contributed by atoms with Crippen molar-refractivity contribution < 1.29 is 4.79 Å². The lowest BCUT2D eigenvalue weighted by Crippen LogP contribution is -2.33. The molecular formula is C25H23N3O2. The van der Waals surface area contributed by atoms with E-state index in [-0.39, 0.29) is 18.0 Å². The highest BCUT2D eigenvalue weighted by molar-refractivity contribution is 6.06. The van der Waals surface area contributed by atoms with Crippen LogP contribution < -0.4 is 10.5 Å². The van der Waals surface area contributed by atoms with Crippen molar-refractivity contribution in [2.45, 2.75) is 27.3 Å². The number of aromatic amines is 1. The molecule has 0 fully saturated rings. The van der Waals surface area contributed by atoms with Gasteiger partial charge in [0.1, 0.15) is 0 Å². The maximum Gasteiger partial charge on any atom is 0.258 e. The maximum absolute atomic E-state index is 13.4. The van der Waals surface area contributed by atoms with Gasteiger partial charge in [0.2, 0.25) is 0 Å². The number of fused-ring (bicyclic) bond motifs is 1. The minimum Gasteiger partial charge on any atom is -0.322 e. The number of carbonyl (C=O) groups is 1. The minimum atomic E-state index is -0.191. The molecule has 4 rings (SSSR count). The smallest absolute Gasteiger partial charge is 0.258 e. The third-order valence-corrected chi connectivity index (χ3v) is 5.22. The molecular weight excluding hydrogens is 374 g/mol. The van der Waals surface area contributed by atoms with Gasteiger partial charge in [-0.1, -0.05) is 29.3 Å². The monoisotopic (exact) mass is 397 g/mol. The van der Waals surface area contributed by atoms with E-state index in [1.165, 1.54) is 0 Å². The molecule has 0 radical (unpaired) electrons. The van der Waals surface area contributed by atoms with E-state index in [0.717, 1.165) is 33.3 Å². The highest BCUT2D eigenvalue weighted by Crippen LogP contribution is 2.25. The summed E-state index contributed by atoms with van der Waals surface area (Å²) in [7, 11) is 0. The molecule has 2 aromatic heterocycles. The van der Waals surface area contributed by atoms with E-state index in [9.17, 15) is 9.59 Å². The Labute approximate surface area is 175 Å². The summed E-state index contributed by atoms with van der Waals surface area (Å²) in [5.41, 5.74) is 5.65. The van der Waals surface area contributed by atoms with E-state index in [1.54, 1.807) is 29.4 Å². The number of benzene rings is 2. The zero-order chi connectivity index (χ0) is 21.3. The van der Waals surface area contributed by atoms with Crippen LogP contribution in [-0.2, 0) is 6.54 Å². The predicted molar refractivity (Wildman–Crippen MR) is 120 cm³/mol. The average molecular weight is 397 g/mol.